The molecule has 2 heteroatoms. The van der Waals surface area contributed by atoms with Crippen LogP contribution in [0.4, 0.5) is 17.1 Å². The van der Waals surface area contributed by atoms with Gasteiger partial charge in [-0.25, -0.2) is 0 Å². The minimum Gasteiger partial charge on any atom is -0.310 e. The summed E-state index contributed by atoms with van der Waals surface area (Å²) in [7, 11) is 6.15. The first kappa shape index (κ1) is 19.9. The van der Waals surface area contributed by atoms with Crippen molar-refractivity contribution in [3.63, 3.8) is 0 Å². The van der Waals surface area contributed by atoms with E-state index in [1.807, 2.05) is 30.3 Å². The van der Waals surface area contributed by atoms with Crippen LogP contribution in [0.15, 0.2) is 133 Å². The third-order valence-electron chi connectivity index (χ3n) is 5.59. The van der Waals surface area contributed by atoms with Crippen molar-refractivity contribution in [2.75, 3.05) is 4.90 Å². The topological polar surface area (TPSA) is 3.24 Å². The van der Waals surface area contributed by atoms with Crippen molar-refractivity contribution < 1.29 is 0 Å². The molecule has 0 spiro atoms. The molecule has 0 amide bonds. The summed E-state index contributed by atoms with van der Waals surface area (Å²) >= 11 is 0. The van der Waals surface area contributed by atoms with Gasteiger partial charge in [-0.3, -0.25) is 0 Å². The van der Waals surface area contributed by atoms with Gasteiger partial charge in [0.1, 0.15) is 7.85 Å². The fourth-order valence-electron chi connectivity index (χ4n) is 4.05. The third-order valence-corrected chi connectivity index (χ3v) is 5.59. The summed E-state index contributed by atoms with van der Waals surface area (Å²) in [5.74, 6) is 0. The van der Waals surface area contributed by atoms with Gasteiger partial charge in [0.15, 0.2) is 0 Å². The van der Waals surface area contributed by atoms with Gasteiger partial charge < -0.3 is 4.90 Å². The Bertz CT molecular complexity index is 1310. The lowest BCUT2D eigenvalue weighted by Gasteiger charge is -2.28. The smallest absolute Gasteiger partial charge is 0.113 e. The number of nitrogens with zero attached hydrogens (tertiary/aromatic N) is 1. The van der Waals surface area contributed by atoms with Crippen molar-refractivity contribution in [3.05, 3.63) is 133 Å². The van der Waals surface area contributed by atoms with Gasteiger partial charge in [-0.05, 0) is 47.0 Å². The number of anilines is 3. The van der Waals surface area contributed by atoms with Gasteiger partial charge in [-0.2, -0.15) is 0 Å². The Morgan fingerprint density at radius 1 is 0.438 bits per heavy atom. The molecule has 150 valence electrons. The zero-order valence-corrected chi connectivity index (χ0v) is 17.7. The molecule has 5 rings (SSSR count). The van der Waals surface area contributed by atoms with E-state index in [2.05, 4.69) is 108 Å². The van der Waals surface area contributed by atoms with Crippen LogP contribution in [0.1, 0.15) is 0 Å². The van der Waals surface area contributed by atoms with Crippen LogP contribution in [0.5, 0.6) is 0 Å². The Balaban J connectivity index is 1.62. The molecule has 0 heterocycles. The lowest BCUT2D eigenvalue weighted by molar-refractivity contribution is 1.29. The molecule has 32 heavy (non-hydrogen) atoms. The van der Waals surface area contributed by atoms with E-state index < -0.39 is 0 Å². The predicted molar refractivity (Wildman–Crippen MR) is 137 cm³/mol. The molecule has 0 aliphatic rings. The summed E-state index contributed by atoms with van der Waals surface area (Å²) in [4.78, 5) is 2.26. The van der Waals surface area contributed by atoms with Gasteiger partial charge in [-0.15, -0.1) is 0 Å². The molecule has 0 saturated carbocycles. The average Bonchev–Trinajstić information content (AvgIpc) is 2.86. The first-order valence-corrected chi connectivity index (χ1v) is 10.8. The molecule has 0 bridgehead atoms. The maximum Gasteiger partial charge on any atom is 0.113 e. The van der Waals surface area contributed by atoms with Gasteiger partial charge >= 0.3 is 0 Å². The fourth-order valence-corrected chi connectivity index (χ4v) is 4.05. The maximum atomic E-state index is 6.15. The highest BCUT2D eigenvalue weighted by molar-refractivity contribution is 6.32. The lowest BCUT2D eigenvalue weighted by atomic mass is 9.95. The van der Waals surface area contributed by atoms with Crippen molar-refractivity contribution in [2.24, 2.45) is 0 Å². The van der Waals surface area contributed by atoms with Crippen molar-refractivity contribution in [1.29, 1.82) is 0 Å². The fraction of sp³-hybridized carbons (Fsp3) is 0. The van der Waals surface area contributed by atoms with Crippen LogP contribution in [0.25, 0.3) is 22.3 Å². The van der Waals surface area contributed by atoms with E-state index in [0.717, 1.165) is 22.5 Å². The molecule has 0 aliphatic heterocycles. The Labute approximate surface area is 191 Å². The number of benzene rings is 5. The van der Waals surface area contributed by atoms with Crippen LogP contribution in [-0.2, 0) is 0 Å². The van der Waals surface area contributed by atoms with E-state index in [0.29, 0.717) is 0 Å². The van der Waals surface area contributed by atoms with Gasteiger partial charge in [0.2, 0.25) is 0 Å². The van der Waals surface area contributed by atoms with E-state index in [4.69, 9.17) is 7.85 Å². The lowest BCUT2D eigenvalue weighted by Crippen LogP contribution is -2.13. The van der Waals surface area contributed by atoms with Crippen LogP contribution in [0, 0.1) is 0 Å². The summed E-state index contributed by atoms with van der Waals surface area (Å²) in [5, 5.41) is 0. The van der Waals surface area contributed by atoms with Gasteiger partial charge in [0.05, 0.1) is 5.69 Å². The van der Waals surface area contributed by atoms with Crippen LogP contribution in [0.2, 0.25) is 0 Å². The van der Waals surface area contributed by atoms with E-state index in [9.17, 15) is 0 Å². The van der Waals surface area contributed by atoms with Crippen molar-refractivity contribution in [2.45, 2.75) is 0 Å². The first-order chi connectivity index (χ1) is 15.8. The molecule has 1 nitrogen and oxygen atoms in total. The zero-order chi connectivity index (χ0) is 21.8. The number of hydrogen-bond donors (Lipinski definition) is 0. The molecule has 0 saturated heterocycles. The minimum atomic E-state index is 0.744. The molecule has 0 N–H and O–H groups in total. The predicted octanol–water partition coefficient (Wildman–Crippen LogP) is 7.28. The average molecular weight is 407 g/mol. The summed E-state index contributed by atoms with van der Waals surface area (Å²) in [6.45, 7) is 0. The van der Waals surface area contributed by atoms with Crippen LogP contribution >= 0.6 is 0 Å². The van der Waals surface area contributed by atoms with Gasteiger partial charge in [-0.1, -0.05) is 109 Å². The summed E-state index contributed by atoms with van der Waals surface area (Å²) in [6.07, 6.45) is 0. The zero-order valence-electron chi connectivity index (χ0n) is 17.7. The highest BCUT2D eigenvalue weighted by Gasteiger charge is 2.16. The van der Waals surface area contributed by atoms with Crippen molar-refractivity contribution in [1.82, 2.24) is 0 Å². The summed E-state index contributed by atoms with van der Waals surface area (Å²) in [5.41, 5.74) is 8.74. The normalized spacial score (nSPS) is 10.6. The second-order valence-electron chi connectivity index (χ2n) is 7.73. The van der Waals surface area contributed by atoms with E-state index >= 15 is 0 Å². The van der Waals surface area contributed by atoms with Crippen LogP contribution in [-0.4, -0.2) is 7.85 Å². The molecule has 0 unspecified atom stereocenters. The quantitative estimate of drug-likeness (QED) is 0.277. The molecular formula is C30H22BN. The van der Waals surface area contributed by atoms with E-state index in [1.54, 1.807) is 0 Å². The Hall–Kier alpha value is -4.04. The third kappa shape index (κ3) is 4.08. The molecular weight excluding hydrogens is 385 g/mol. The van der Waals surface area contributed by atoms with Crippen molar-refractivity contribution in [3.8, 4) is 22.3 Å². The second-order valence-corrected chi connectivity index (χ2v) is 7.73. The Morgan fingerprint density at radius 3 is 1.72 bits per heavy atom. The van der Waals surface area contributed by atoms with E-state index in [1.165, 1.54) is 22.3 Å². The van der Waals surface area contributed by atoms with Crippen molar-refractivity contribution >= 4 is 30.4 Å². The molecule has 0 aliphatic carbocycles. The Kier molecular flexibility index (Phi) is 5.59. The molecule has 5 aromatic carbocycles. The van der Waals surface area contributed by atoms with E-state index in [-0.39, 0.29) is 0 Å². The van der Waals surface area contributed by atoms with Crippen LogP contribution < -0.4 is 10.4 Å². The number of para-hydroxylation sites is 2. The highest BCUT2D eigenvalue weighted by Crippen LogP contribution is 2.40. The minimum absolute atomic E-state index is 0.744. The molecule has 0 atom stereocenters. The molecule has 0 aromatic heterocycles. The SMILES string of the molecule is [B]c1cccc(N(c2ccccc2)c2ccccc2-c2ccc(-c3ccccc3)cc2)c1. The molecule has 2 radical (unpaired) electrons. The molecule has 5 aromatic rings. The van der Waals surface area contributed by atoms with Gasteiger partial charge in [0.25, 0.3) is 0 Å². The monoisotopic (exact) mass is 407 g/mol. The Morgan fingerprint density at radius 2 is 1.00 bits per heavy atom. The summed E-state index contributed by atoms with van der Waals surface area (Å²) < 4.78 is 0. The maximum absolute atomic E-state index is 6.15. The number of hydrogen-bond acceptors (Lipinski definition) is 1. The second kappa shape index (κ2) is 8.99. The summed E-state index contributed by atoms with van der Waals surface area (Å²) in [6, 6.07) is 46.2. The number of rotatable bonds is 5. The van der Waals surface area contributed by atoms with Gasteiger partial charge in [0, 0.05) is 16.9 Å². The van der Waals surface area contributed by atoms with Crippen LogP contribution in [0.3, 0.4) is 0 Å². The first-order valence-electron chi connectivity index (χ1n) is 10.8. The standard InChI is InChI=1S/C30H22BN/c31-26-12-9-15-28(22-26)32(27-13-5-2-6-14-27)30-17-8-7-16-29(30)25-20-18-24(19-21-25)23-10-3-1-4-11-23/h1-22H. The highest BCUT2D eigenvalue weighted by atomic mass is 15.1. The molecule has 0 fully saturated rings. The largest absolute Gasteiger partial charge is 0.310 e.